The van der Waals surface area contributed by atoms with E-state index in [1.807, 2.05) is 0 Å². The molecule has 0 aromatic rings. The van der Waals surface area contributed by atoms with E-state index in [0.29, 0.717) is 0 Å². The van der Waals surface area contributed by atoms with Gasteiger partial charge in [0.05, 0.1) is 0 Å². The summed E-state index contributed by atoms with van der Waals surface area (Å²) in [6.45, 7) is 2.02. The van der Waals surface area contributed by atoms with Crippen molar-refractivity contribution in [2.75, 3.05) is 13.2 Å². The molecule has 2 fully saturated rings. The highest BCUT2D eigenvalue weighted by Gasteiger charge is 2.27. The zero-order valence-corrected chi connectivity index (χ0v) is 10.5. The van der Waals surface area contributed by atoms with Gasteiger partial charge in [0.2, 0.25) is 0 Å². The minimum atomic E-state index is 0.790. The minimum absolute atomic E-state index is 0.790. The Balaban J connectivity index is 1.87. The molecule has 2 aliphatic rings. The molecule has 1 nitrogen and oxygen atoms in total. The van der Waals surface area contributed by atoms with Crippen molar-refractivity contribution in [3.8, 4) is 0 Å². The Bertz CT molecular complexity index is 166. The van der Waals surface area contributed by atoms with Crippen LogP contribution in [0.2, 0.25) is 0 Å². The smallest absolute Gasteiger partial charge is 0.0468 e. The maximum atomic E-state index is 5.44. The maximum absolute atomic E-state index is 5.44. The van der Waals surface area contributed by atoms with E-state index < -0.39 is 0 Å². The summed E-state index contributed by atoms with van der Waals surface area (Å²) in [5.41, 5.74) is 0. The van der Waals surface area contributed by atoms with Gasteiger partial charge < -0.3 is 4.74 Å². The second-order valence-electron chi connectivity index (χ2n) is 4.83. The van der Waals surface area contributed by atoms with Crippen LogP contribution in [-0.4, -0.2) is 18.0 Å². The van der Waals surface area contributed by atoms with E-state index in [1.54, 1.807) is 0 Å². The Morgan fingerprint density at radius 2 is 1.57 bits per heavy atom. The number of alkyl halides is 1. The lowest BCUT2D eigenvalue weighted by atomic mass is 9.81. The van der Waals surface area contributed by atoms with Crippen molar-refractivity contribution in [2.45, 2.75) is 49.8 Å². The Hall–Kier alpha value is 0.440. The van der Waals surface area contributed by atoms with E-state index in [9.17, 15) is 0 Å². The summed E-state index contributed by atoms with van der Waals surface area (Å²) in [6, 6.07) is 0. The maximum Gasteiger partial charge on any atom is 0.0468 e. The lowest BCUT2D eigenvalue weighted by Gasteiger charge is -2.30. The molecule has 14 heavy (non-hydrogen) atoms. The second-order valence-corrected chi connectivity index (χ2v) is 6.12. The first-order chi connectivity index (χ1) is 6.86. The van der Waals surface area contributed by atoms with Gasteiger partial charge in [-0.3, -0.25) is 0 Å². The van der Waals surface area contributed by atoms with Crippen LogP contribution in [0.25, 0.3) is 0 Å². The van der Waals surface area contributed by atoms with Gasteiger partial charge in [0, 0.05) is 18.0 Å². The molecule has 1 aliphatic heterocycles. The molecule has 1 saturated heterocycles. The van der Waals surface area contributed by atoms with E-state index in [-0.39, 0.29) is 0 Å². The summed E-state index contributed by atoms with van der Waals surface area (Å²) >= 11 is 3.81. The number of hydrogen-bond donors (Lipinski definition) is 0. The standard InChI is InChI=1S/C12H21BrO/c13-12-4-2-1-3-11(9-12)10-5-7-14-8-6-10/h10-12H,1-9H2. The molecule has 82 valence electrons. The Kier molecular flexibility index (Phi) is 4.30. The van der Waals surface area contributed by atoms with E-state index in [1.165, 1.54) is 44.9 Å². The Labute approximate surface area is 95.7 Å². The molecule has 0 spiro atoms. The molecule has 0 bridgehead atoms. The average molecular weight is 261 g/mol. The first-order valence-corrected chi connectivity index (χ1v) is 6.99. The van der Waals surface area contributed by atoms with Crippen LogP contribution in [0.4, 0.5) is 0 Å². The van der Waals surface area contributed by atoms with Crippen molar-refractivity contribution >= 4 is 15.9 Å². The van der Waals surface area contributed by atoms with Crippen LogP contribution < -0.4 is 0 Å². The highest BCUT2D eigenvalue weighted by atomic mass is 79.9. The molecular formula is C12H21BrO. The highest BCUT2D eigenvalue weighted by Crippen LogP contribution is 2.36. The van der Waals surface area contributed by atoms with Gasteiger partial charge in [-0.1, -0.05) is 35.2 Å². The fraction of sp³-hybridized carbons (Fsp3) is 1.00. The predicted molar refractivity (Wildman–Crippen MR) is 62.8 cm³/mol. The molecule has 0 aromatic carbocycles. The minimum Gasteiger partial charge on any atom is -0.381 e. The fourth-order valence-corrected chi connectivity index (χ4v) is 3.76. The SMILES string of the molecule is BrC1CCCCC(C2CCOCC2)C1. The van der Waals surface area contributed by atoms with Gasteiger partial charge >= 0.3 is 0 Å². The average Bonchev–Trinajstić information content (AvgIpc) is 2.44. The van der Waals surface area contributed by atoms with Crippen LogP contribution in [0.3, 0.4) is 0 Å². The number of hydrogen-bond acceptors (Lipinski definition) is 1. The largest absolute Gasteiger partial charge is 0.381 e. The van der Waals surface area contributed by atoms with Gasteiger partial charge in [-0.2, -0.15) is 0 Å². The quantitative estimate of drug-likeness (QED) is 0.516. The second kappa shape index (κ2) is 5.50. The summed E-state index contributed by atoms with van der Waals surface area (Å²) in [5, 5.41) is 0. The molecule has 1 saturated carbocycles. The van der Waals surface area contributed by atoms with Crippen molar-refractivity contribution in [2.24, 2.45) is 11.8 Å². The van der Waals surface area contributed by atoms with Crippen LogP contribution >= 0.6 is 15.9 Å². The third-order valence-electron chi connectivity index (χ3n) is 3.83. The molecule has 1 aliphatic carbocycles. The lowest BCUT2D eigenvalue weighted by molar-refractivity contribution is 0.0440. The predicted octanol–water partition coefficient (Wildman–Crippen LogP) is 3.76. The number of ether oxygens (including phenoxy) is 1. The number of rotatable bonds is 1. The first kappa shape index (κ1) is 10.9. The molecular weight excluding hydrogens is 240 g/mol. The van der Waals surface area contributed by atoms with E-state index in [0.717, 1.165) is 29.9 Å². The highest BCUT2D eigenvalue weighted by molar-refractivity contribution is 9.09. The number of halogens is 1. The molecule has 0 aromatic heterocycles. The Morgan fingerprint density at radius 1 is 0.857 bits per heavy atom. The Morgan fingerprint density at radius 3 is 2.36 bits per heavy atom. The van der Waals surface area contributed by atoms with E-state index >= 15 is 0 Å². The molecule has 2 heteroatoms. The summed E-state index contributed by atoms with van der Waals surface area (Å²) in [5.74, 6) is 1.94. The van der Waals surface area contributed by atoms with Crippen molar-refractivity contribution in [3.63, 3.8) is 0 Å². The third kappa shape index (κ3) is 2.96. The molecule has 2 atom stereocenters. The van der Waals surface area contributed by atoms with Gasteiger partial charge in [0.25, 0.3) is 0 Å². The van der Waals surface area contributed by atoms with E-state index in [2.05, 4.69) is 15.9 Å². The zero-order valence-electron chi connectivity index (χ0n) is 8.88. The summed E-state index contributed by atoms with van der Waals surface area (Å²) in [6.07, 6.45) is 9.76. The van der Waals surface area contributed by atoms with Gasteiger partial charge in [-0.15, -0.1) is 0 Å². The lowest BCUT2D eigenvalue weighted by Crippen LogP contribution is -2.24. The van der Waals surface area contributed by atoms with Crippen molar-refractivity contribution in [1.29, 1.82) is 0 Å². The van der Waals surface area contributed by atoms with Crippen LogP contribution in [0.1, 0.15) is 44.9 Å². The van der Waals surface area contributed by atoms with Crippen molar-refractivity contribution in [1.82, 2.24) is 0 Å². The normalized spacial score (nSPS) is 36.6. The summed E-state index contributed by atoms with van der Waals surface area (Å²) in [4.78, 5) is 0.790. The van der Waals surface area contributed by atoms with Crippen molar-refractivity contribution in [3.05, 3.63) is 0 Å². The van der Waals surface area contributed by atoms with Crippen LogP contribution in [0.15, 0.2) is 0 Å². The van der Waals surface area contributed by atoms with Crippen molar-refractivity contribution < 1.29 is 4.74 Å². The van der Waals surface area contributed by atoms with Crippen LogP contribution in [0.5, 0.6) is 0 Å². The third-order valence-corrected chi connectivity index (χ3v) is 4.67. The van der Waals surface area contributed by atoms with Crippen LogP contribution in [0, 0.1) is 11.8 Å². The summed E-state index contributed by atoms with van der Waals surface area (Å²) < 4.78 is 5.44. The zero-order chi connectivity index (χ0) is 9.80. The first-order valence-electron chi connectivity index (χ1n) is 6.08. The topological polar surface area (TPSA) is 9.23 Å². The molecule has 0 N–H and O–H groups in total. The van der Waals surface area contributed by atoms with Gasteiger partial charge in [-0.05, 0) is 37.5 Å². The molecule has 0 radical (unpaired) electrons. The van der Waals surface area contributed by atoms with Crippen LogP contribution in [-0.2, 0) is 4.74 Å². The molecule has 0 amide bonds. The molecule has 2 rings (SSSR count). The summed E-state index contributed by atoms with van der Waals surface area (Å²) in [7, 11) is 0. The van der Waals surface area contributed by atoms with Gasteiger partial charge in [0.15, 0.2) is 0 Å². The van der Waals surface area contributed by atoms with Gasteiger partial charge in [-0.25, -0.2) is 0 Å². The van der Waals surface area contributed by atoms with E-state index in [4.69, 9.17) is 4.74 Å². The molecule has 1 heterocycles. The fourth-order valence-electron chi connectivity index (χ4n) is 2.95. The monoisotopic (exact) mass is 260 g/mol. The molecule has 2 unspecified atom stereocenters. The van der Waals surface area contributed by atoms with Gasteiger partial charge in [0.1, 0.15) is 0 Å².